The molecule has 0 amide bonds. The topological polar surface area (TPSA) is 52.0 Å². The predicted molar refractivity (Wildman–Crippen MR) is 93.9 cm³/mol. The molecule has 0 unspecified atom stereocenters. The number of nitrogens with one attached hydrogen (secondary N) is 1. The van der Waals surface area contributed by atoms with Gasteiger partial charge in [0.15, 0.2) is 0 Å². The van der Waals surface area contributed by atoms with Crippen LogP contribution in [0.5, 0.6) is 5.75 Å². The first-order valence-electron chi connectivity index (χ1n) is 7.84. The van der Waals surface area contributed by atoms with Crippen molar-refractivity contribution in [2.75, 3.05) is 12.4 Å². The molecule has 24 heavy (non-hydrogen) atoms. The molecule has 1 atom stereocenters. The van der Waals surface area contributed by atoms with E-state index in [1.807, 2.05) is 28.9 Å². The molecule has 2 heterocycles. The highest BCUT2D eigenvalue weighted by atomic mass is 16.5. The molecule has 1 N–H and O–H groups in total. The number of ether oxygens (including phenoxy) is 1. The third-order valence-corrected chi connectivity index (χ3v) is 4.32. The summed E-state index contributed by atoms with van der Waals surface area (Å²) in [7, 11) is 1.67. The van der Waals surface area contributed by atoms with Gasteiger partial charge in [-0.2, -0.15) is 10.1 Å². The fourth-order valence-corrected chi connectivity index (χ4v) is 3.01. The van der Waals surface area contributed by atoms with Crippen LogP contribution in [-0.2, 0) is 0 Å². The SMILES string of the molecule is COc1ccc(C2=C[C@H](c3ccccc3C)n3ncnc3N2)cc1. The van der Waals surface area contributed by atoms with Crippen molar-refractivity contribution in [3.05, 3.63) is 77.6 Å². The van der Waals surface area contributed by atoms with E-state index in [-0.39, 0.29) is 6.04 Å². The number of nitrogens with zero attached hydrogens (tertiary/aromatic N) is 3. The lowest BCUT2D eigenvalue weighted by molar-refractivity contribution is 0.415. The lowest BCUT2D eigenvalue weighted by Gasteiger charge is -2.25. The van der Waals surface area contributed by atoms with Crippen LogP contribution in [0, 0.1) is 6.92 Å². The van der Waals surface area contributed by atoms with Gasteiger partial charge in [0.25, 0.3) is 0 Å². The molecule has 0 saturated heterocycles. The maximum absolute atomic E-state index is 5.24. The van der Waals surface area contributed by atoms with Gasteiger partial charge in [0.2, 0.25) is 5.95 Å². The van der Waals surface area contributed by atoms with Crippen molar-refractivity contribution in [3.63, 3.8) is 0 Å². The zero-order chi connectivity index (χ0) is 16.5. The van der Waals surface area contributed by atoms with E-state index >= 15 is 0 Å². The van der Waals surface area contributed by atoms with Crippen molar-refractivity contribution < 1.29 is 4.74 Å². The summed E-state index contributed by atoms with van der Waals surface area (Å²) in [5, 5.41) is 7.75. The number of hydrogen-bond donors (Lipinski definition) is 1. The third kappa shape index (κ3) is 2.44. The van der Waals surface area contributed by atoms with Crippen molar-refractivity contribution in [2.24, 2.45) is 0 Å². The molecule has 1 aromatic heterocycles. The average Bonchev–Trinajstić information content (AvgIpc) is 3.10. The Balaban J connectivity index is 1.80. The van der Waals surface area contributed by atoms with Crippen LogP contribution in [0.3, 0.4) is 0 Å². The van der Waals surface area contributed by atoms with Gasteiger partial charge in [0, 0.05) is 5.70 Å². The molecular weight excluding hydrogens is 300 g/mol. The molecule has 5 nitrogen and oxygen atoms in total. The van der Waals surface area contributed by atoms with Crippen LogP contribution in [0.15, 0.2) is 60.9 Å². The Morgan fingerprint density at radius 3 is 2.62 bits per heavy atom. The summed E-state index contributed by atoms with van der Waals surface area (Å²) in [6, 6.07) is 16.4. The zero-order valence-corrected chi connectivity index (χ0v) is 13.6. The molecule has 1 aliphatic rings. The number of benzene rings is 2. The molecule has 0 spiro atoms. The molecule has 0 bridgehead atoms. The Kier molecular flexibility index (Phi) is 3.54. The second-order valence-corrected chi connectivity index (χ2v) is 5.76. The molecule has 0 fully saturated rings. The second-order valence-electron chi connectivity index (χ2n) is 5.76. The largest absolute Gasteiger partial charge is 0.497 e. The number of fused-ring (bicyclic) bond motifs is 1. The summed E-state index contributed by atoms with van der Waals surface area (Å²) in [5.74, 6) is 1.59. The van der Waals surface area contributed by atoms with Crippen LogP contribution >= 0.6 is 0 Å². The molecular formula is C19H18N4O. The summed E-state index contributed by atoms with van der Waals surface area (Å²) < 4.78 is 7.15. The summed E-state index contributed by atoms with van der Waals surface area (Å²) in [6.45, 7) is 2.12. The third-order valence-electron chi connectivity index (χ3n) is 4.32. The highest BCUT2D eigenvalue weighted by molar-refractivity contribution is 5.77. The Labute approximate surface area is 140 Å². The van der Waals surface area contributed by atoms with Gasteiger partial charge in [-0.25, -0.2) is 4.68 Å². The van der Waals surface area contributed by atoms with Gasteiger partial charge >= 0.3 is 0 Å². The Morgan fingerprint density at radius 2 is 1.88 bits per heavy atom. The van der Waals surface area contributed by atoms with Gasteiger partial charge in [-0.3, -0.25) is 0 Å². The van der Waals surface area contributed by atoms with Crippen LogP contribution in [0.2, 0.25) is 0 Å². The van der Waals surface area contributed by atoms with Crippen molar-refractivity contribution in [1.82, 2.24) is 14.8 Å². The van der Waals surface area contributed by atoms with Crippen LogP contribution in [-0.4, -0.2) is 21.9 Å². The number of allylic oxidation sites excluding steroid dienone is 1. The number of aryl methyl sites for hydroxylation is 1. The smallest absolute Gasteiger partial charge is 0.226 e. The lowest BCUT2D eigenvalue weighted by atomic mass is 9.98. The first-order valence-corrected chi connectivity index (χ1v) is 7.84. The van der Waals surface area contributed by atoms with E-state index in [0.29, 0.717) is 0 Å². The van der Waals surface area contributed by atoms with E-state index < -0.39 is 0 Å². The van der Waals surface area contributed by atoms with Crippen molar-refractivity contribution in [1.29, 1.82) is 0 Å². The fourth-order valence-electron chi connectivity index (χ4n) is 3.01. The molecule has 0 saturated carbocycles. The van der Waals surface area contributed by atoms with Crippen LogP contribution in [0.25, 0.3) is 5.70 Å². The van der Waals surface area contributed by atoms with E-state index in [1.54, 1.807) is 13.4 Å². The first-order chi connectivity index (χ1) is 11.8. The van der Waals surface area contributed by atoms with Gasteiger partial charge in [-0.05, 0) is 54.0 Å². The number of methoxy groups -OCH3 is 1. The van der Waals surface area contributed by atoms with Crippen molar-refractivity contribution in [2.45, 2.75) is 13.0 Å². The number of anilines is 1. The Morgan fingerprint density at radius 1 is 1.08 bits per heavy atom. The van der Waals surface area contributed by atoms with E-state index in [1.165, 1.54) is 11.1 Å². The van der Waals surface area contributed by atoms with Crippen LogP contribution < -0.4 is 10.1 Å². The number of hydrogen-bond acceptors (Lipinski definition) is 4. The maximum atomic E-state index is 5.24. The lowest BCUT2D eigenvalue weighted by Crippen LogP contribution is -2.20. The molecule has 0 radical (unpaired) electrons. The molecule has 5 heteroatoms. The van der Waals surface area contributed by atoms with Gasteiger partial charge in [-0.1, -0.05) is 24.3 Å². The molecule has 4 rings (SSSR count). The van der Waals surface area contributed by atoms with Crippen LogP contribution in [0.4, 0.5) is 5.95 Å². The normalized spacial score (nSPS) is 16.1. The second kappa shape index (κ2) is 5.85. The van der Waals surface area contributed by atoms with E-state index in [4.69, 9.17) is 4.74 Å². The maximum Gasteiger partial charge on any atom is 0.226 e. The molecule has 3 aromatic rings. The minimum absolute atomic E-state index is 0.0158. The van der Waals surface area contributed by atoms with E-state index in [2.05, 4.69) is 52.7 Å². The minimum Gasteiger partial charge on any atom is -0.497 e. The van der Waals surface area contributed by atoms with Gasteiger partial charge < -0.3 is 10.1 Å². The average molecular weight is 318 g/mol. The Hall–Kier alpha value is -3.08. The standard InChI is InChI=1S/C19H18N4O/c1-13-5-3-4-6-16(13)18-11-17(22-19-20-12-21-23(18)19)14-7-9-15(24-2)10-8-14/h3-12,18H,1-2H3,(H,20,21,22)/t18-/m1/s1. The minimum atomic E-state index is 0.0158. The molecule has 0 aliphatic carbocycles. The predicted octanol–water partition coefficient (Wildman–Crippen LogP) is 3.65. The van der Waals surface area contributed by atoms with Gasteiger partial charge in [0.1, 0.15) is 18.1 Å². The monoisotopic (exact) mass is 318 g/mol. The highest BCUT2D eigenvalue weighted by Gasteiger charge is 2.24. The summed E-state index contributed by atoms with van der Waals surface area (Å²) >= 11 is 0. The highest BCUT2D eigenvalue weighted by Crippen LogP contribution is 2.33. The number of aromatic nitrogens is 3. The Bertz CT molecular complexity index is 896. The summed E-state index contributed by atoms with van der Waals surface area (Å²) in [5.41, 5.74) is 4.56. The first kappa shape index (κ1) is 14.5. The van der Waals surface area contributed by atoms with Crippen molar-refractivity contribution >= 4 is 11.6 Å². The van der Waals surface area contributed by atoms with Crippen LogP contribution in [0.1, 0.15) is 22.7 Å². The zero-order valence-electron chi connectivity index (χ0n) is 13.6. The quantitative estimate of drug-likeness (QED) is 0.801. The number of rotatable bonds is 3. The molecule has 120 valence electrons. The summed E-state index contributed by atoms with van der Waals surface area (Å²) in [4.78, 5) is 4.35. The van der Waals surface area contributed by atoms with Gasteiger partial charge in [0.05, 0.1) is 7.11 Å². The van der Waals surface area contributed by atoms with E-state index in [0.717, 1.165) is 23.0 Å². The molecule has 1 aliphatic heterocycles. The van der Waals surface area contributed by atoms with Crippen molar-refractivity contribution in [3.8, 4) is 5.75 Å². The fraction of sp³-hybridized carbons (Fsp3) is 0.158. The molecule has 2 aromatic carbocycles. The van der Waals surface area contributed by atoms with E-state index in [9.17, 15) is 0 Å². The van der Waals surface area contributed by atoms with Gasteiger partial charge in [-0.15, -0.1) is 0 Å². The summed E-state index contributed by atoms with van der Waals surface area (Å²) in [6.07, 6.45) is 3.77.